The van der Waals surface area contributed by atoms with E-state index in [4.69, 9.17) is 37.0 Å². The molecule has 3 N–H and O–H groups in total. The minimum atomic E-state index is -5.02. The number of allylic oxidation sites excluding steroid dienone is 35. The molecule has 0 fully saturated rings. The van der Waals surface area contributed by atoms with Crippen molar-refractivity contribution in [1.29, 1.82) is 0 Å². The molecule has 582 valence electrons. The van der Waals surface area contributed by atoms with Crippen molar-refractivity contribution in [2.24, 2.45) is 0 Å². The first-order valence-corrected chi connectivity index (χ1v) is 41.0. The summed E-state index contributed by atoms with van der Waals surface area (Å²) in [5, 5.41) is 10.6. The van der Waals surface area contributed by atoms with Crippen LogP contribution in [0.5, 0.6) is 0 Å². The lowest BCUT2D eigenvalue weighted by Gasteiger charge is -2.21. The molecule has 0 aromatic carbocycles. The van der Waals surface area contributed by atoms with Crippen molar-refractivity contribution >= 4 is 39.5 Å². The summed E-state index contributed by atoms with van der Waals surface area (Å²) >= 11 is 0. The third kappa shape index (κ3) is 73.7. The van der Waals surface area contributed by atoms with Crippen molar-refractivity contribution in [3.63, 3.8) is 0 Å². The molecular formula is C85H130O17P2. The fourth-order valence-electron chi connectivity index (χ4n) is 8.84. The number of aliphatic hydroxyl groups is 1. The zero-order valence-electron chi connectivity index (χ0n) is 63.3. The molecule has 0 radical (unpaired) electrons. The van der Waals surface area contributed by atoms with Gasteiger partial charge in [0.15, 0.2) is 12.2 Å². The number of aliphatic hydroxyl groups excluding tert-OH is 1. The van der Waals surface area contributed by atoms with Crippen LogP contribution in [0.2, 0.25) is 0 Å². The predicted octanol–water partition coefficient (Wildman–Crippen LogP) is 22.1. The smallest absolute Gasteiger partial charge is 0.462 e. The average molecular weight is 1490 g/mol. The first kappa shape index (κ1) is 97.4. The topological polar surface area (TPSA) is 237 Å². The lowest BCUT2D eigenvalue weighted by molar-refractivity contribution is -0.161. The zero-order chi connectivity index (χ0) is 76.0. The van der Waals surface area contributed by atoms with E-state index in [1.165, 1.54) is 0 Å². The summed E-state index contributed by atoms with van der Waals surface area (Å²) in [5.41, 5.74) is 0. The Labute approximate surface area is 626 Å². The first-order chi connectivity index (χ1) is 50.7. The third-order valence-corrected chi connectivity index (χ3v) is 16.4. The second-order valence-corrected chi connectivity index (χ2v) is 27.0. The largest absolute Gasteiger partial charge is 0.472 e. The van der Waals surface area contributed by atoms with E-state index in [0.29, 0.717) is 38.5 Å². The van der Waals surface area contributed by atoms with E-state index in [2.05, 4.69) is 204 Å². The van der Waals surface area contributed by atoms with Crippen LogP contribution in [0.15, 0.2) is 219 Å². The van der Waals surface area contributed by atoms with E-state index in [-0.39, 0.29) is 25.7 Å². The molecule has 0 saturated heterocycles. The van der Waals surface area contributed by atoms with Crippen molar-refractivity contribution in [3.8, 4) is 0 Å². The molecule has 0 aromatic rings. The van der Waals surface area contributed by atoms with E-state index < -0.39 is 97.5 Å². The standard InChI is InChI=1S/C85H130O17P2/c1-5-9-13-17-21-25-29-33-37-39-43-46-50-54-58-62-66-70-83(88)96-76-81(102-85(90)72-68-64-60-56-52-48-44-40-38-34-30-26-22-18-14-10-6-2)78-100-104(93,94)98-74-79(86)73-97-103(91,92)99-77-80(101-84(89)71-67-63-59-55-51-47-42-36-32-28-24-20-16-12-8-4)75-95-82(87)69-65-61-57-53-49-45-41-35-31-27-23-19-15-11-7-3/h9-16,21-28,33-38,41-44,46,48-49,51,53-55,58,61,65,79-81,86H,5-8,17-20,29-32,39-40,45,47,50,52,56-57,59-60,62-64,66-78H2,1-4H3,(H,91,92)(H,93,94)/b13-9-,14-10-,15-11-,16-12-,25-21-,26-22-,27-23-,28-24-,37-33-,38-34-,41-35-,42-36-,46-43-,48-44-,53-49-,55-51-,58-54-,65-61-. The fourth-order valence-corrected chi connectivity index (χ4v) is 10.4. The van der Waals surface area contributed by atoms with Crippen LogP contribution < -0.4 is 0 Å². The highest BCUT2D eigenvalue weighted by atomic mass is 31.2. The van der Waals surface area contributed by atoms with E-state index in [9.17, 15) is 43.2 Å². The number of phosphoric acid groups is 2. The van der Waals surface area contributed by atoms with Gasteiger partial charge >= 0.3 is 39.5 Å². The molecule has 17 nitrogen and oxygen atoms in total. The summed E-state index contributed by atoms with van der Waals surface area (Å²) in [5.74, 6) is -2.50. The maximum Gasteiger partial charge on any atom is 0.472 e. The van der Waals surface area contributed by atoms with Gasteiger partial charge in [0.1, 0.15) is 19.3 Å². The van der Waals surface area contributed by atoms with Gasteiger partial charge in [-0.15, -0.1) is 0 Å². The van der Waals surface area contributed by atoms with E-state index in [1.807, 2.05) is 36.5 Å². The highest BCUT2D eigenvalue weighted by Gasteiger charge is 2.30. The van der Waals surface area contributed by atoms with Gasteiger partial charge in [0.25, 0.3) is 0 Å². The third-order valence-electron chi connectivity index (χ3n) is 14.5. The van der Waals surface area contributed by atoms with Crippen molar-refractivity contribution in [2.75, 3.05) is 39.6 Å². The van der Waals surface area contributed by atoms with Crippen molar-refractivity contribution in [3.05, 3.63) is 219 Å². The minimum Gasteiger partial charge on any atom is -0.462 e. The van der Waals surface area contributed by atoms with Crippen LogP contribution in [0, 0.1) is 0 Å². The molecule has 0 amide bonds. The summed E-state index contributed by atoms with van der Waals surface area (Å²) in [4.78, 5) is 72.8. The summed E-state index contributed by atoms with van der Waals surface area (Å²) in [6.45, 7) is 4.09. The van der Waals surface area contributed by atoms with Crippen molar-refractivity contribution in [1.82, 2.24) is 0 Å². The Morgan fingerprint density at radius 1 is 0.279 bits per heavy atom. The molecule has 0 aliphatic heterocycles. The van der Waals surface area contributed by atoms with Crippen LogP contribution >= 0.6 is 15.6 Å². The summed E-state index contributed by atoms with van der Waals surface area (Å²) in [6, 6.07) is 0. The van der Waals surface area contributed by atoms with Crippen molar-refractivity contribution < 1.29 is 80.2 Å². The van der Waals surface area contributed by atoms with Crippen LogP contribution in [-0.2, 0) is 65.4 Å². The summed E-state index contributed by atoms with van der Waals surface area (Å²) in [7, 11) is -10.0. The van der Waals surface area contributed by atoms with E-state index >= 15 is 0 Å². The number of esters is 4. The van der Waals surface area contributed by atoms with Gasteiger partial charge < -0.3 is 33.8 Å². The van der Waals surface area contributed by atoms with E-state index in [1.54, 1.807) is 6.08 Å². The molecule has 19 heteroatoms. The van der Waals surface area contributed by atoms with Crippen LogP contribution in [0.1, 0.15) is 233 Å². The number of phosphoric ester groups is 2. The molecule has 0 aliphatic carbocycles. The lowest BCUT2D eigenvalue weighted by atomic mass is 10.1. The highest BCUT2D eigenvalue weighted by Crippen LogP contribution is 2.45. The number of carbonyl (C=O) groups is 4. The highest BCUT2D eigenvalue weighted by molar-refractivity contribution is 7.47. The molecule has 0 rings (SSSR count). The SMILES string of the molecule is CC/C=C\C/C=C\C/C=C\C/C=C\C/C=C\CCCC(=O)OCC(COP(=O)(O)OCC(O)COP(=O)(O)OCC(COC(=O)C/C=C\C/C=C\C/C=C\C/C=C\C/C=C\CC)OC(=O)CCCC/C=C\C/C=C\C/C=C\C/C=C\CC)OC(=O)CCCCCC/C=C\C/C=C\C/C=C\C/C=C\CC. The number of ether oxygens (including phenoxy) is 4. The molecule has 0 heterocycles. The molecule has 0 saturated carbocycles. The van der Waals surface area contributed by atoms with Gasteiger partial charge in [0, 0.05) is 19.3 Å². The number of carbonyl (C=O) groups excluding carboxylic acids is 4. The van der Waals surface area contributed by atoms with Gasteiger partial charge in [-0.25, -0.2) is 9.13 Å². The maximum atomic E-state index is 13.1. The monoisotopic (exact) mass is 1480 g/mol. The van der Waals surface area contributed by atoms with Crippen LogP contribution in [0.4, 0.5) is 0 Å². The Bertz CT molecular complexity index is 2840. The van der Waals surface area contributed by atoms with Gasteiger partial charge in [-0.3, -0.25) is 37.3 Å². The second-order valence-electron chi connectivity index (χ2n) is 24.1. The lowest BCUT2D eigenvalue weighted by Crippen LogP contribution is -2.30. The van der Waals surface area contributed by atoms with Gasteiger partial charge in [-0.1, -0.05) is 259 Å². The van der Waals surface area contributed by atoms with Gasteiger partial charge in [-0.2, -0.15) is 0 Å². The molecule has 0 aliphatic rings. The fraction of sp³-hybridized carbons (Fsp3) is 0.529. The van der Waals surface area contributed by atoms with E-state index in [0.717, 1.165) is 141 Å². The molecular weight excluding hydrogens is 1350 g/mol. The molecule has 0 aromatic heterocycles. The Morgan fingerprint density at radius 3 is 0.846 bits per heavy atom. The first-order valence-electron chi connectivity index (χ1n) is 38.0. The van der Waals surface area contributed by atoms with Crippen molar-refractivity contribution in [2.45, 2.75) is 251 Å². The van der Waals surface area contributed by atoms with Gasteiger partial charge in [-0.05, 0) is 167 Å². The Kier molecular flexibility index (Phi) is 69.9. The number of hydrogen-bond acceptors (Lipinski definition) is 15. The van der Waals surface area contributed by atoms with Crippen LogP contribution in [0.25, 0.3) is 0 Å². The minimum absolute atomic E-state index is 0.0115. The molecule has 5 atom stereocenters. The zero-order valence-corrected chi connectivity index (χ0v) is 65.1. The number of unbranched alkanes of at least 4 members (excludes halogenated alkanes) is 7. The quantitative estimate of drug-likeness (QED) is 0.0169. The molecule has 0 bridgehead atoms. The van der Waals surface area contributed by atoms with Crippen LogP contribution in [-0.4, -0.2) is 96.7 Å². The molecule has 5 unspecified atom stereocenters. The number of hydrogen-bond donors (Lipinski definition) is 3. The Balaban J connectivity index is 5.58. The summed E-state index contributed by atoms with van der Waals surface area (Å²) in [6.07, 6.45) is 94.0. The normalized spacial score (nSPS) is 15.1. The summed E-state index contributed by atoms with van der Waals surface area (Å²) < 4.78 is 68.2. The number of rotatable bonds is 68. The van der Waals surface area contributed by atoms with Crippen LogP contribution in [0.3, 0.4) is 0 Å². The van der Waals surface area contributed by atoms with Gasteiger partial charge in [0.2, 0.25) is 0 Å². The average Bonchev–Trinajstić information content (AvgIpc) is 0.926. The van der Waals surface area contributed by atoms with Gasteiger partial charge in [0.05, 0.1) is 32.8 Å². The molecule has 104 heavy (non-hydrogen) atoms. The maximum absolute atomic E-state index is 13.1. The molecule has 0 spiro atoms. The Hall–Kier alpha value is -6.62. The predicted molar refractivity (Wildman–Crippen MR) is 426 cm³/mol. The second kappa shape index (κ2) is 74.6. The Morgan fingerprint density at radius 2 is 0.519 bits per heavy atom.